The third-order valence-corrected chi connectivity index (χ3v) is 4.33. The van der Waals surface area contributed by atoms with Crippen LogP contribution in [-0.4, -0.2) is 6.54 Å². The smallest absolute Gasteiger partial charge is 0.00204 e. The molecule has 1 aromatic rings. The molecule has 1 aliphatic rings. The van der Waals surface area contributed by atoms with Gasteiger partial charge in [0.1, 0.15) is 0 Å². The van der Waals surface area contributed by atoms with Crippen LogP contribution >= 0.6 is 11.3 Å². The number of rotatable bonds is 5. The molecule has 1 aromatic heterocycles. The monoisotopic (exact) mass is 209 g/mol. The van der Waals surface area contributed by atoms with E-state index in [9.17, 15) is 0 Å². The first-order valence-electron chi connectivity index (χ1n) is 5.46. The van der Waals surface area contributed by atoms with Gasteiger partial charge in [-0.2, -0.15) is 11.3 Å². The summed E-state index contributed by atoms with van der Waals surface area (Å²) in [5.41, 5.74) is 7.78. The predicted molar refractivity (Wildman–Crippen MR) is 62.5 cm³/mol. The molecule has 0 radical (unpaired) electrons. The molecular weight excluding hydrogens is 190 g/mol. The van der Waals surface area contributed by atoms with Crippen LogP contribution in [0, 0.1) is 11.3 Å². The summed E-state index contributed by atoms with van der Waals surface area (Å²) in [5.74, 6) is 0.908. The molecule has 1 saturated carbocycles. The van der Waals surface area contributed by atoms with E-state index in [1.54, 1.807) is 11.3 Å². The highest BCUT2D eigenvalue weighted by Gasteiger charge is 2.39. The fourth-order valence-corrected chi connectivity index (χ4v) is 2.82. The molecule has 1 atom stereocenters. The highest BCUT2D eigenvalue weighted by atomic mass is 32.1. The highest BCUT2D eigenvalue weighted by molar-refractivity contribution is 7.07. The summed E-state index contributed by atoms with van der Waals surface area (Å²) in [6.07, 6.45) is 5.26. The summed E-state index contributed by atoms with van der Waals surface area (Å²) in [5, 5.41) is 4.41. The van der Waals surface area contributed by atoms with E-state index >= 15 is 0 Å². The van der Waals surface area contributed by atoms with E-state index in [1.165, 1.54) is 31.2 Å². The van der Waals surface area contributed by atoms with E-state index in [0.717, 1.165) is 12.5 Å². The molecular formula is C12H19NS. The van der Waals surface area contributed by atoms with Crippen molar-refractivity contribution in [3.63, 3.8) is 0 Å². The molecule has 0 saturated heterocycles. The van der Waals surface area contributed by atoms with E-state index in [4.69, 9.17) is 5.73 Å². The van der Waals surface area contributed by atoms with Crippen LogP contribution in [0.1, 0.15) is 31.7 Å². The van der Waals surface area contributed by atoms with Gasteiger partial charge in [0.2, 0.25) is 0 Å². The summed E-state index contributed by atoms with van der Waals surface area (Å²) >= 11 is 1.79. The number of hydrogen-bond acceptors (Lipinski definition) is 2. The SMILES string of the molecule is CC(CN)(CCc1ccsc1)C1CC1. The summed E-state index contributed by atoms with van der Waals surface area (Å²) in [7, 11) is 0. The summed E-state index contributed by atoms with van der Waals surface area (Å²) in [4.78, 5) is 0. The van der Waals surface area contributed by atoms with Crippen LogP contribution in [-0.2, 0) is 6.42 Å². The van der Waals surface area contributed by atoms with E-state index in [1.807, 2.05) is 0 Å². The second-order valence-corrected chi connectivity index (χ2v) is 5.54. The third kappa shape index (κ3) is 2.18. The maximum atomic E-state index is 5.89. The largest absolute Gasteiger partial charge is 0.330 e. The van der Waals surface area contributed by atoms with Gasteiger partial charge in [-0.05, 0) is 66.0 Å². The Bertz CT molecular complexity index is 277. The first-order chi connectivity index (χ1) is 6.74. The van der Waals surface area contributed by atoms with Crippen LogP contribution in [0.25, 0.3) is 0 Å². The normalized spacial score (nSPS) is 20.7. The Balaban J connectivity index is 1.89. The highest BCUT2D eigenvalue weighted by Crippen LogP contribution is 2.47. The van der Waals surface area contributed by atoms with Gasteiger partial charge in [0, 0.05) is 0 Å². The van der Waals surface area contributed by atoms with Crippen LogP contribution in [0.5, 0.6) is 0 Å². The molecule has 2 N–H and O–H groups in total. The molecule has 0 aliphatic heterocycles. The zero-order valence-electron chi connectivity index (χ0n) is 8.83. The van der Waals surface area contributed by atoms with Crippen molar-refractivity contribution in [2.24, 2.45) is 17.1 Å². The molecule has 1 unspecified atom stereocenters. The molecule has 0 bridgehead atoms. The molecule has 1 aliphatic carbocycles. The number of hydrogen-bond donors (Lipinski definition) is 1. The maximum Gasteiger partial charge on any atom is -0.00204 e. The van der Waals surface area contributed by atoms with E-state index in [2.05, 4.69) is 23.8 Å². The van der Waals surface area contributed by atoms with Crippen molar-refractivity contribution in [1.29, 1.82) is 0 Å². The summed E-state index contributed by atoms with van der Waals surface area (Å²) in [6, 6.07) is 2.23. The van der Waals surface area contributed by atoms with Gasteiger partial charge in [0.05, 0.1) is 0 Å². The number of thiophene rings is 1. The quantitative estimate of drug-likeness (QED) is 0.792. The zero-order chi connectivity index (χ0) is 10.0. The van der Waals surface area contributed by atoms with Crippen molar-refractivity contribution in [2.75, 3.05) is 6.54 Å². The summed E-state index contributed by atoms with van der Waals surface area (Å²) < 4.78 is 0. The Morgan fingerprint density at radius 2 is 2.36 bits per heavy atom. The third-order valence-electron chi connectivity index (χ3n) is 3.59. The lowest BCUT2D eigenvalue weighted by molar-refractivity contribution is 0.260. The molecule has 14 heavy (non-hydrogen) atoms. The minimum absolute atomic E-state index is 0.405. The first-order valence-corrected chi connectivity index (χ1v) is 6.40. The molecule has 2 heteroatoms. The molecule has 0 aromatic carbocycles. The lowest BCUT2D eigenvalue weighted by Gasteiger charge is -2.27. The Hall–Kier alpha value is -0.340. The maximum absolute atomic E-state index is 5.89. The van der Waals surface area contributed by atoms with Gasteiger partial charge in [-0.25, -0.2) is 0 Å². The van der Waals surface area contributed by atoms with E-state index in [0.29, 0.717) is 5.41 Å². The van der Waals surface area contributed by atoms with Gasteiger partial charge in [-0.15, -0.1) is 0 Å². The standard InChI is InChI=1S/C12H19NS/c1-12(9-13,11-2-3-11)6-4-10-5-7-14-8-10/h5,7-8,11H,2-4,6,9,13H2,1H3. The molecule has 1 fully saturated rings. The van der Waals surface area contributed by atoms with E-state index < -0.39 is 0 Å². The molecule has 78 valence electrons. The molecule has 1 heterocycles. The van der Waals surface area contributed by atoms with Crippen LogP contribution in [0.4, 0.5) is 0 Å². The molecule has 1 nitrogen and oxygen atoms in total. The second kappa shape index (κ2) is 4.03. The molecule has 0 amide bonds. The first kappa shape index (κ1) is 10.2. The average Bonchev–Trinajstić information content (AvgIpc) is 2.94. The van der Waals surface area contributed by atoms with Crippen molar-refractivity contribution < 1.29 is 0 Å². The molecule has 2 rings (SSSR count). The van der Waals surface area contributed by atoms with Crippen molar-refractivity contribution >= 4 is 11.3 Å². The van der Waals surface area contributed by atoms with Gasteiger partial charge in [0.15, 0.2) is 0 Å². The Labute approximate surface area is 90.3 Å². The van der Waals surface area contributed by atoms with Gasteiger partial charge >= 0.3 is 0 Å². The van der Waals surface area contributed by atoms with Gasteiger partial charge in [-0.3, -0.25) is 0 Å². The topological polar surface area (TPSA) is 26.0 Å². The second-order valence-electron chi connectivity index (χ2n) is 4.76. The fourth-order valence-electron chi connectivity index (χ4n) is 2.12. The Morgan fingerprint density at radius 1 is 1.57 bits per heavy atom. The van der Waals surface area contributed by atoms with E-state index in [-0.39, 0.29) is 0 Å². The van der Waals surface area contributed by atoms with Gasteiger partial charge < -0.3 is 5.73 Å². The fraction of sp³-hybridized carbons (Fsp3) is 0.667. The van der Waals surface area contributed by atoms with Gasteiger partial charge in [0.25, 0.3) is 0 Å². The molecule has 0 spiro atoms. The number of nitrogens with two attached hydrogens (primary N) is 1. The number of aryl methyl sites for hydroxylation is 1. The van der Waals surface area contributed by atoms with Crippen LogP contribution < -0.4 is 5.73 Å². The summed E-state index contributed by atoms with van der Waals surface area (Å²) in [6.45, 7) is 3.21. The van der Waals surface area contributed by atoms with Crippen LogP contribution in [0.15, 0.2) is 16.8 Å². The Morgan fingerprint density at radius 3 is 2.86 bits per heavy atom. The lowest BCUT2D eigenvalue weighted by atomic mass is 9.80. The predicted octanol–water partition coefficient (Wildman–Crippen LogP) is 3.06. The average molecular weight is 209 g/mol. The van der Waals surface area contributed by atoms with Crippen LogP contribution in [0.2, 0.25) is 0 Å². The van der Waals surface area contributed by atoms with Crippen molar-refractivity contribution in [3.8, 4) is 0 Å². The van der Waals surface area contributed by atoms with Crippen molar-refractivity contribution in [1.82, 2.24) is 0 Å². The zero-order valence-corrected chi connectivity index (χ0v) is 9.65. The Kier molecular flexibility index (Phi) is 2.93. The van der Waals surface area contributed by atoms with Gasteiger partial charge in [-0.1, -0.05) is 6.92 Å². The van der Waals surface area contributed by atoms with Crippen LogP contribution in [0.3, 0.4) is 0 Å². The van der Waals surface area contributed by atoms with Crippen molar-refractivity contribution in [2.45, 2.75) is 32.6 Å². The minimum Gasteiger partial charge on any atom is -0.330 e. The minimum atomic E-state index is 0.405. The van der Waals surface area contributed by atoms with Crippen molar-refractivity contribution in [3.05, 3.63) is 22.4 Å². The lowest BCUT2D eigenvalue weighted by Crippen LogP contribution is -2.30.